The maximum absolute atomic E-state index is 11.5. The first kappa shape index (κ1) is 11.1. The molecular formula is C11H10N2O4. The second-order valence-corrected chi connectivity index (χ2v) is 3.39. The standard InChI is InChI=1S/C11H10N2O4/c1-2-17-11(14)8-6-10-9(13(15)16)4-3-5-12(10)7-8/h3-7H,2H2,1H3. The molecule has 0 radical (unpaired) electrons. The molecule has 0 spiro atoms. The van der Waals surface area contributed by atoms with Gasteiger partial charge in [0.05, 0.1) is 17.1 Å². The molecule has 88 valence electrons. The van der Waals surface area contributed by atoms with Crippen LogP contribution in [0.4, 0.5) is 5.69 Å². The lowest BCUT2D eigenvalue weighted by molar-refractivity contribution is -0.383. The minimum absolute atomic E-state index is 0.0388. The zero-order chi connectivity index (χ0) is 12.4. The molecule has 0 aromatic carbocycles. The summed E-state index contributed by atoms with van der Waals surface area (Å²) in [5, 5.41) is 10.8. The Hall–Kier alpha value is -2.37. The van der Waals surface area contributed by atoms with Gasteiger partial charge >= 0.3 is 5.97 Å². The van der Waals surface area contributed by atoms with Crippen molar-refractivity contribution >= 4 is 17.2 Å². The monoisotopic (exact) mass is 234 g/mol. The third kappa shape index (κ3) is 1.96. The number of carbonyl (C=O) groups excluding carboxylic acids is 1. The van der Waals surface area contributed by atoms with Gasteiger partial charge in [0.15, 0.2) is 0 Å². The summed E-state index contributed by atoms with van der Waals surface area (Å²) in [5.74, 6) is -0.481. The van der Waals surface area contributed by atoms with Crippen LogP contribution in [-0.4, -0.2) is 21.9 Å². The third-order valence-corrected chi connectivity index (χ3v) is 2.32. The quantitative estimate of drug-likeness (QED) is 0.462. The molecule has 0 N–H and O–H groups in total. The Morgan fingerprint density at radius 3 is 3.00 bits per heavy atom. The molecule has 0 atom stereocenters. The van der Waals surface area contributed by atoms with Crippen LogP contribution in [0.2, 0.25) is 0 Å². The molecule has 6 nitrogen and oxygen atoms in total. The van der Waals surface area contributed by atoms with E-state index < -0.39 is 10.9 Å². The summed E-state index contributed by atoms with van der Waals surface area (Å²) in [4.78, 5) is 21.8. The van der Waals surface area contributed by atoms with Gasteiger partial charge < -0.3 is 9.14 Å². The number of hydrogen-bond acceptors (Lipinski definition) is 4. The Labute approximate surface area is 96.6 Å². The number of fused-ring (bicyclic) bond motifs is 1. The number of hydrogen-bond donors (Lipinski definition) is 0. The summed E-state index contributed by atoms with van der Waals surface area (Å²) in [7, 11) is 0. The van der Waals surface area contributed by atoms with Gasteiger partial charge in [-0.3, -0.25) is 10.1 Å². The highest BCUT2D eigenvalue weighted by atomic mass is 16.6. The van der Waals surface area contributed by atoms with E-state index in [9.17, 15) is 14.9 Å². The number of nitro groups is 1. The van der Waals surface area contributed by atoms with Crippen LogP contribution in [0.1, 0.15) is 17.3 Å². The summed E-state index contributed by atoms with van der Waals surface area (Å²) < 4.78 is 6.37. The molecule has 6 heteroatoms. The van der Waals surface area contributed by atoms with Gasteiger partial charge in [-0.05, 0) is 19.1 Å². The van der Waals surface area contributed by atoms with Gasteiger partial charge in [-0.25, -0.2) is 4.79 Å². The summed E-state index contributed by atoms with van der Waals surface area (Å²) in [6, 6.07) is 4.40. The van der Waals surface area contributed by atoms with Gasteiger partial charge in [-0.1, -0.05) is 0 Å². The minimum Gasteiger partial charge on any atom is -0.462 e. The lowest BCUT2D eigenvalue weighted by atomic mass is 10.3. The van der Waals surface area contributed by atoms with Crippen LogP contribution in [0.5, 0.6) is 0 Å². The lowest BCUT2D eigenvalue weighted by Gasteiger charge is -1.96. The molecule has 0 bridgehead atoms. The zero-order valence-corrected chi connectivity index (χ0v) is 9.12. The van der Waals surface area contributed by atoms with Crippen molar-refractivity contribution in [3.63, 3.8) is 0 Å². The van der Waals surface area contributed by atoms with Crippen LogP contribution in [-0.2, 0) is 4.74 Å². The summed E-state index contributed by atoms with van der Waals surface area (Å²) in [6.07, 6.45) is 3.16. The van der Waals surface area contributed by atoms with Crippen molar-refractivity contribution in [2.45, 2.75) is 6.92 Å². The summed E-state index contributed by atoms with van der Waals surface area (Å²) in [6.45, 7) is 1.98. The minimum atomic E-state index is -0.482. The van der Waals surface area contributed by atoms with E-state index in [0.29, 0.717) is 11.1 Å². The predicted molar refractivity (Wildman–Crippen MR) is 60.0 cm³/mol. The first-order chi connectivity index (χ1) is 8.13. The van der Waals surface area contributed by atoms with Crippen LogP contribution in [0.25, 0.3) is 5.52 Å². The molecular weight excluding hydrogens is 224 g/mol. The highest BCUT2D eigenvalue weighted by Gasteiger charge is 2.16. The van der Waals surface area contributed by atoms with Gasteiger partial charge in [-0.15, -0.1) is 0 Å². The normalized spacial score (nSPS) is 10.4. The average molecular weight is 234 g/mol. The van der Waals surface area contributed by atoms with Crippen molar-refractivity contribution in [1.82, 2.24) is 4.40 Å². The van der Waals surface area contributed by atoms with Crippen molar-refractivity contribution in [2.75, 3.05) is 6.61 Å². The Balaban J connectivity index is 2.54. The van der Waals surface area contributed by atoms with Crippen molar-refractivity contribution < 1.29 is 14.5 Å². The van der Waals surface area contributed by atoms with E-state index >= 15 is 0 Å². The molecule has 17 heavy (non-hydrogen) atoms. The van der Waals surface area contributed by atoms with Crippen LogP contribution in [0.15, 0.2) is 30.6 Å². The molecule has 0 amide bonds. The Morgan fingerprint density at radius 2 is 2.35 bits per heavy atom. The molecule has 0 fully saturated rings. The number of pyridine rings is 1. The topological polar surface area (TPSA) is 73.8 Å². The Kier molecular flexibility index (Phi) is 2.78. The number of carbonyl (C=O) groups is 1. The molecule has 0 aliphatic heterocycles. The highest BCUT2D eigenvalue weighted by molar-refractivity contribution is 5.92. The third-order valence-electron chi connectivity index (χ3n) is 2.32. The lowest BCUT2D eigenvalue weighted by Crippen LogP contribution is -2.02. The van der Waals surface area contributed by atoms with E-state index in [1.54, 1.807) is 19.2 Å². The Bertz CT molecular complexity index is 588. The van der Waals surface area contributed by atoms with Gasteiger partial charge in [0.1, 0.15) is 5.52 Å². The largest absolute Gasteiger partial charge is 0.462 e. The first-order valence-corrected chi connectivity index (χ1v) is 5.05. The number of nitrogens with zero attached hydrogens (tertiary/aromatic N) is 2. The Morgan fingerprint density at radius 1 is 1.59 bits per heavy atom. The maximum Gasteiger partial charge on any atom is 0.339 e. The van der Waals surface area contributed by atoms with E-state index in [1.165, 1.54) is 22.7 Å². The SMILES string of the molecule is CCOC(=O)c1cc2c([N+](=O)[O-])cccn2c1. The summed E-state index contributed by atoms with van der Waals surface area (Å²) >= 11 is 0. The van der Waals surface area contributed by atoms with Gasteiger partial charge in [0.25, 0.3) is 5.69 Å². The summed E-state index contributed by atoms with van der Waals surface area (Å²) in [5.41, 5.74) is 0.643. The van der Waals surface area contributed by atoms with Gasteiger partial charge in [-0.2, -0.15) is 0 Å². The maximum atomic E-state index is 11.5. The van der Waals surface area contributed by atoms with Crippen LogP contribution in [0, 0.1) is 10.1 Å². The van der Waals surface area contributed by atoms with Crippen molar-refractivity contribution in [3.05, 3.63) is 46.3 Å². The van der Waals surface area contributed by atoms with Gasteiger partial charge in [0, 0.05) is 18.5 Å². The van der Waals surface area contributed by atoms with Gasteiger partial charge in [0.2, 0.25) is 0 Å². The predicted octanol–water partition coefficient (Wildman–Crippen LogP) is 2.02. The van der Waals surface area contributed by atoms with E-state index in [4.69, 9.17) is 4.74 Å². The second-order valence-electron chi connectivity index (χ2n) is 3.39. The molecule has 2 rings (SSSR count). The second kappa shape index (κ2) is 4.25. The molecule has 0 aliphatic rings. The molecule has 0 saturated heterocycles. The van der Waals surface area contributed by atoms with E-state index in [1.807, 2.05) is 0 Å². The molecule has 0 unspecified atom stereocenters. The van der Waals surface area contributed by atoms with E-state index in [0.717, 1.165) is 0 Å². The number of esters is 1. The van der Waals surface area contributed by atoms with E-state index in [-0.39, 0.29) is 12.3 Å². The molecule has 2 aromatic heterocycles. The molecule has 0 saturated carbocycles. The fraction of sp³-hybridized carbons (Fsp3) is 0.182. The zero-order valence-electron chi connectivity index (χ0n) is 9.12. The van der Waals surface area contributed by atoms with Crippen LogP contribution < -0.4 is 0 Å². The molecule has 2 aromatic rings. The average Bonchev–Trinajstić information content (AvgIpc) is 2.72. The van der Waals surface area contributed by atoms with Crippen LogP contribution in [0.3, 0.4) is 0 Å². The fourth-order valence-electron chi connectivity index (χ4n) is 1.60. The van der Waals surface area contributed by atoms with Crippen molar-refractivity contribution in [2.24, 2.45) is 0 Å². The number of ether oxygens (including phenoxy) is 1. The number of rotatable bonds is 3. The molecule has 0 aliphatic carbocycles. The van der Waals surface area contributed by atoms with E-state index in [2.05, 4.69) is 0 Å². The van der Waals surface area contributed by atoms with Crippen molar-refractivity contribution in [3.8, 4) is 0 Å². The highest BCUT2D eigenvalue weighted by Crippen LogP contribution is 2.22. The molecule has 2 heterocycles. The first-order valence-electron chi connectivity index (χ1n) is 5.05. The smallest absolute Gasteiger partial charge is 0.339 e. The van der Waals surface area contributed by atoms with Crippen LogP contribution >= 0.6 is 0 Å². The number of aromatic nitrogens is 1. The fourth-order valence-corrected chi connectivity index (χ4v) is 1.60. The van der Waals surface area contributed by atoms with Crippen molar-refractivity contribution in [1.29, 1.82) is 0 Å².